The fraction of sp³-hybridized carbons (Fsp3) is 0. The van der Waals surface area contributed by atoms with Crippen molar-refractivity contribution < 1.29 is 4.79 Å². The van der Waals surface area contributed by atoms with Crippen molar-refractivity contribution in [1.82, 2.24) is 4.98 Å². The monoisotopic (exact) mass is 285 g/mol. The zero-order valence-corrected chi connectivity index (χ0v) is 10.7. The molecule has 1 aromatic heterocycles. The third-order valence-electron chi connectivity index (χ3n) is 2.26. The van der Waals surface area contributed by atoms with Gasteiger partial charge in [-0.2, -0.15) is 0 Å². The molecule has 0 spiro atoms. The van der Waals surface area contributed by atoms with Crippen LogP contribution in [0.3, 0.4) is 0 Å². The van der Waals surface area contributed by atoms with Gasteiger partial charge in [-0.1, -0.05) is 34.8 Å². The number of carbonyl (C=O) groups excluding carboxylic acids is 1. The van der Waals surface area contributed by atoms with E-state index < -0.39 is 0 Å². The summed E-state index contributed by atoms with van der Waals surface area (Å²) in [6, 6.07) is 4.75. The Bertz CT molecular complexity index is 561. The van der Waals surface area contributed by atoms with Crippen LogP contribution < -0.4 is 0 Å². The van der Waals surface area contributed by atoms with Crippen molar-refractivity contribution in [2.45, 2.75) is 0 Å². The van der Waals surface area contributed by atoms with Gasteiger partial charge in [0.2, 0.25) is 0 Å². The molecule has 0 radical (unpaired) electrons. The first-order valence-electron chi connectivity index (χ1n) is 4.67. The van der Waals surface area contributed by atoms with Gasteiger partial charge in [-0.3, -0.25) is 9.78 Å². The summed E-state index contributed by atoms with van der Waals surface area (Å²) in [5, 5.41) is 1.22. The molecule has 2 nitrogen and oxygen atoms in total. The third kappa shape index (κ3) is 2.44. The van der Waals surface area contributed by atoms with Crippen molar-refractivity contribution in [1.29, 1.82) is 0 Å². The molecule has 86 valence electrons. The Labute approximate surface area is 113 Å². The van der Waals surface area contributed by atoms with Gasteiger partial charge in [0.15, 0.2) is 6.29 Å². The van der Waals surface area contributed by atoms with Crippen LogP contribution in [0.1, 0.15) is 10.4 Å². The highest BCUT2D eigenvalue weighted by Crippen LogP contribution is 2.37. The van der Waals surface area contributed by atoms with Crippen LogP contribution in [0.15, 0.2) is 30.6 Å². The third-order valence-corrected chi connectivity index (χ3v) is 3.07. The van der Waals surface area contributed by atoms with E-state index in [-0.39, 0.29) is 0 Å². The van der Waals surface area contributed by atoms with Gasteiger partial charge < -0.3 is 0 Å². The summed E-state index contributed by atoms with van der Waals surface area (Å²) in [5.74, 6) is 0. The highest BCUT2D eigenvalue weighted by molar-refractivity contribution is 6.42. The van der Waals surface area contributed by atoms with E-state index in [1.54, 1.807) is 24.4 Å². The first-order chi connectivity index (χ1) is 8.13. The molecule has 0 aliphatic carbocycles. The van der Waals surface area contributed by atoms with E-state index in [0.29, 0.717) is 31.8 Å². The molecule has 0 atom stereocenters. The lowest BCUT2D eigenvalue weighted by Crippen LogP contribution is -1.90. The van der Waals surface area contributed by atoms with Crippen molar-refractivity contribution in [2.24, 2.45) is 0 Å². The van der Waals surface area contributed by atoms with Crippen LogP contribution >= 0.6 is 34.8 Å². The molecule has 0 saturated carbocycles. The normalized spacial score (nSPS) is 10.3. The first-order valence-corrected chi connectivity index (χ1v) is 5.81. The Kier molecular flexibility index (Phi) is 3.67. The fourth-order valence-electron chi connectivity index (χ4n) is 1.52. The van der Waals surface area contributed by atoms with Gasteiger partial charge in [-0.05, 0) is 18.2 Å². The number of hydrogen-bond donors (Lipinski definition) is 0. The predicted molar refractivity (Wildman–Crippen MR) is 70.1 cm³/mol. The van der Waals surface area contributed by atoms with Crippen LogP contribution in [-0.4, -0.2) is 11.3 Å². The Morgan fingerprint density at radius 1 is 1.12 bits per heavy atom. The number of halogens is 3. The number of aldehydes is 1. The van der Waals surface area contributed by atoms with E-state index in [1.165, 1.54) is 6.20 Å². The van der Waals surface area contributed by atoms with E-state index >= 15 is 0 Å². The van der Waals surface area contributed by atoms with Crippen LogP contribution in [0.4, 0.5) is 0 Å². The molecule has 0 fully saturated rings. The smallest absolute Gasteiger partial charge is 0.150 e. The second-order valence-corrected chi connectivity index (χ2v) is 4.58. The molecule has 2 aromatic rings. The highest BCUT2D eigenvalue weighted by Gasteiger charge is 2.13. The standard InChI is InChI=1S/C12H6Cl3NO/c13-8-3-10(14)12(11(15)4-8)9-5-16-2-1-7(9)6-17/h1-6H. The van der Waals surface area contributed by atoms with Crippen LogP contribution in [0.5, 0.6) is 0 Å². The molecule has 0 amide bonds. The van der Waals surface area contributed by atoms with Crippen LogP contribution in [0, 0.1) is 0 Å². The Morgan fingerprint density at radius 2 is 1.76 bits per heavy atom. The van der Waals surface area contributed by atoms with E-state index in [4.69, 9.17) is 34.8 Å². The summed E-state index contributed by atoms with van der Waals surface area (Å²) in [5.41, 5.74) is 1.63. The van der Waals surface area contributed by atoms with Gasteiger partial charge in [-0.15, -0.1) is 0 Å². The molecule has 0 aliphatic rings. The first kappa shape index (κ1) is 12.4. The van der Waals surface area contributed by atoms with Crippen molar-refractivity contribution in [2.75, 3.05) is 0 Å². The molecule has 0 saturated heterocycles. The fourth-order valence-corrected chi connectivity index (χ4v) is 2.54. The molecule has 2 rings (SSSR count). The number of hydrogen-bond acceptors (Lipinski definition) is 2. The van der Waals surface area contributed by atoms with Gasteiger partial charge in [-0.25, -0.2) is 0 Å². The van der Waals surface area contributed by atoms with Gasteiger partial charge in [0.1, 0.15) is 0 Å². The van der Waals surface area contributed by atoms with Crippen LogP contribution in [-0.2, 0) is 0 Å². The molecule has 0 unspecified atom stereocenters. The van der Waals surface area contributed by atoms with Gasteiger partial charge >= 0.3 is 0 Å². The van der Waals surface area contributed by atoms with E-state index in [0.717, 1.165) is 6.29 Å². The van der Waals surface area contributed by atoms with Crippen LogP contribution in [0.25, 0.3) is 11.1 Å². The Hall–Kier alpha value is -1.09. The number of benzene rings is 1. The minimum Gasteiger partial charge on any atom is -0.298 e. The molecule has 5 heteroatoms. The topological polar surface area (TPSA) is 30.0 Å². The maximum absolute atomic E-state index is 11.0. The minimum atomic E-state index is 0.388. The van der Waals surface area contributed by atoms with Gasteiger partial charge in [0.25, 0.3) is 0 Å². The zero-order valence-electron chi connectivity index (χ0n) is 8.45. The van der Waals surface area contributed by atoms with Gasteiger partial charge in [0.05, 0.1) is 10.0 Å². The second kappa shape index (κ2) is 5.05. The molecule has 17 heavy (non-hydrogen) atoms. The summed E-state index contributed by atoms with van der Waals surface area (Å²) >= 11 is 18.0. The Morgan fingerprint density at radius 3 is 2.35 bits per heavy atom. The van der Waals surface area contributed by atoms with Gasteiger partial charge in [0, 0.05) is 34.1 Å². The molecule has 0 aliphatic heterocycles. The molecular weight excluding hydrogens is 280 g/mol. The number of carbonyl (C=O) groups is 1. The van der Waals surface area contributed by atoms with E-state index in [9.17, 15) is 4.79 Å². The molecule has 0 bridgehead atoms. The SMILES string of the molecule is O=Cc1ccncc1-c1c(Cl)cc(Cl)cc1Cl. The lowest BCUT2D eigenvalue weighted by atomic mass is 10.0. The number of aromatic nitrogens is 1. The summed E-state index contributed by atoms with van der Waals surface area (Å²) in [6.45, 7) is 0. The molecule has 1 aromatic carbocycles. The molecular formula is C12H6Cl3NO. The Balaban J connectivity index is 2.72. The minimum absolute atomic E-state index is 0.388. The summed E-state index contributed by atoms with van der Waals surface area (Å²) in [7, 11) is 0. The maximum Gasteiger partial charge on any atom is 0.150 e. The van der Waals surface area contributed by atoms with Crippen molar-refractivity contribution in [3.63, 3.8) is 0 Å². The number of nitrogens with zero attached hydrogens (tertiary/aromatic N) is 1. The average Bonchev–Trinajstić information content (AvgIpc) is 2.28. The lowest BCUT2D eigenvalue weighted by molar-refractivity contribution is 0.112. The predicted octanol–water partition coefficient (Wildman–Crippen LogP) is 4.52. The number of rotatable bonds is 2. The quantitative estimate of drug-likeness (QED) is 0.760. The number of pyridine rings is 1. The lowest BCUT2D eigenvalue weighted by Gasteiger charge is -2.09. The maximum atomic E-state index is 11.0. The van der Waals surface area contributed by atoms with E-state index in [2.05, 4.69) is 4.98 Å². The molecule has 1 heterocycles. The second-order valence-electron chi connectivity index (χ2n) is 3.33. The summed E-state index contributed by atoms with van der Waals surface area (Å²) in [6.07, 6.45) is 3.81. The van der Waals surface area contributed by atoms with Crippen molar-refractivity contribution in [3.05, 3.63) is 51.2 Å². The molecule has 0 N–H and O–H groups in total. The average molecular weight is 287 g/mol. The zero-order chi connectivity index (χ0) is 12.4. The van der Waals surface area contributed by atoms with Crippen molar-refractivity contribution in [3.8, 4) is 11.1 Å². The van der Waals surface area contributed by atoms with E-state index in [1.807, 2.05) is 0 Å². The van der Waals surface area contributed by atoms with Crippen LogP contribution in [0.2, 0.25) is 15.1 Å². The summed E-state index contributed by atoms with van der Waals surface area (Å²) < 4.78 is 0. The largest absolute Gasteiger partial charge is 0.298 e. The summed E-state index contributed by atoms with van der Waals surface area (Å²) in [4.78, 5) is 14.9. The highest BCUT2D eigenvalue weighted by atomic mass is 35.5. The van der Waals surface area contributed by atoms with Crippen molar-refractivity contribution >= 4 is 41.1 Å².